The van der Waals surface area contributed by atoms with Crippen LogP contribution >= 0.6 is 0 Å². The number of nitrogens with two attached hydrogens (primary N) is 1. The zero-order chi connectivity index (χ0) is 26.3. The summed E-state index contributed by atoms with van der Waals surface area (Å²) in [5, 5.41) is 17.0. The largest absolute Gasteiger partial charge is 0.379 e. The summed E-state index contributed by atoms with van der Waals surface area (Å²) in [5.41, 5.74) is 8.13. The van der Waals surface area contributed by atoms with E-state index < -0.39 is 12.0 Å². The molecule has 3 N–H and O–H groups in total. The van der Waals surface area contributed by atoms with Crippen molar-refractivity contribution in [3.05, 3.63) is 42.0 Å². The predicted molar refractivity (Wildman–Crippen MR) is 136 cm³/mol. The SMILES string of the molecule is CO[C@H]1CCN(c2cc3c(N[C@@H]4CCN(c5ncc(C#N)cn5)CC4(C)C)c(C(N)=O)cnn3c2)C1=O. The number of rotatable bonds is 6. The summed E-state index contributed by atoms with van der Waals surface area (Å²) >= 11 is 0. The summed E-state index contributed by atoms with van der Waals surface area (Å²) in [6, 6.07) is 3.89. The maximum atomic E-state index is 12.7. The summed E-state index contributed by atoms with van der Waals surface area (Å²) in [7, 11) is 1.53. The number of anilines is 3. The van der Waals surface area contributed by atoms with Gasteiger partial charge in [-0.15, -0.1) is 0 Å². The van der Waals surface area contributed by atoms with Crippen LogP contribution in [-0.2, 0) is 9.53 Å². The normalized spacial score (nSPS) is 21.3. The number of hydrogen-bond acceptors (Lipinski definition) is 9. The Labute approximate surface area is 214 Å². The first-order valence-corrected chi connectivity index (χ1v) is 12.1. The Hall–Kier alpha value is -4.24. The van der Waals surface area contributed by atoms with Gasteiger partial charge in [-0.25, -0.2) is 14.5 Å². The van der Waals surface area contributed by atoms with Crippen LogP contribution in [0, 0.1) is 16.7 Å². The van der Waals surface area contributed by atoms with Gasteiger partial charge in [0.1, 0.15) is 12.2 Å². The van der Waals surface area contributed by atoms with Crippen LogP contribution in [0.3, 0.4) is 0 Å². The van der Waals surface area contributed by atoms with Crippen LogP contribution < -0.4 is 20.9 Å². The molecule has 0 radical (unpaired) electrons. The first kappa shape index (κ1) is 24.5. The molecule has 192 valence electrons. The third-order valence-electron chi connectivity index (χ3n) is 7.24. The van der Waals surface area contributed by atoms with Gasteiger partial charge in [-0.2, -0.15) is 10.4 Å². The van der Waals surface area contributed by atoms with Gasteiger partial charge in [-0.3, -0.25) is 9.59 Å². The summed E-state index contributed by atoms with van der Waals surface area (Å²) in [5.74, 6) is -0.102. The van der Waals surface area contributed by atoms with Crippen molar-refractivity contribution in [1.29, 1.82) is 5.26 Å². The number of amides is 2. The van der Waals surface area contributed by atoms with Crippen LogP contribution in [-0.4, -0.2) is 70.3 Å². The molecule has 5 heterocycles. The van der Waals surface area contributed by atoms with Crippen molar-refractivity contribution in [2.75, 3.05) is 41.9 Å². The average Bonchev–Trinajstić information content (AvgIpc) is 3.48. The number of hydrogen-bond donors (Lipinski definition) is 2. The van der Waals surface area contributed by atoms with Crippen molar-refractivity contribution in [3.63, 3.8) is 0 Å². The fraction of sp³-hybridized carbons (Fsp3) is 0.440. The van der Waals surface area contributed by atoms with E-state index in [-0.39, 0.29) is 22.9 Å². The molecule has 3 aromatic rings. The lowest BCUT2D eigenvalue weighted by Crippen LogP contribution is -2.52. The molecule has 2 fully saturated rings. The maximum Gasteiger partial charge on any atom is 0.256 e. The average molecular weight is 504 g/mol. The third-order valence-corrected chi connectivity index (χ3v) is 7.24. The van der Waals surface area contributed by atoms with Gasteiger partial charge in [-0.1, -0.05) is 13.8 Å². The van der Waals surface area contributed by atoms with E-state index in [4.69, 9.17) is 15.7 Å². The standard InChI is InChI=1S/C25H29N9O3/c1-25(2)14-32(24-28-10-15(9-26)11-29-24)6-5-20(25)31-21-17(22(27)35)12-30-34-13-16(8-18(21)34)33-7-4-19(37-3)23(33)36/h8,10-13,19-20,31H,4-7,14H2,1-3H3,(H2,27,35)/t19-,20+/m0/s1. The Bertz CT molecular complexity index is 1390. The van der Waals surface area contributed by atoms with E-state index >= 15 is 0 Å². The number of nitriles is 1. The molecule has 5 rings (SSSR count). The molecule has 2 amide bonds. The second-order valence-electron chi connectivity index (χ2n) is 10.1. The number of piperidine rings is 1. The Balaban J connectivity index is 1.43. The number of carbonyl (C=O) groups excluding carboxylic acids is 2. The molecule has 0 saturated carbocycles. The topological polar surface area (TPSA) is 155 Å². The lowest BCUT2D eigenvalue weighted by molar-refractivity contribution is -0.125. The van der Waals surface area contributed by atoms with Crippen molar-refractivity contribution >= 4 is 34.7 Å². The first-order chi connectivity index (χ1) is 17.7. The molecule has 3 aromatic heterocycles. The third kappa shape index (κ3) is 4.42. The van der Waals surface area contributed by atoms with E-state index in [2.05, 4.69) is 39.1 Å². The van der Waals surface area contributed by atoms with Gasteiger partial charge < -0.3 is 25.6 Å². The monoisotopic (exact) mass is 503 g/mol. The van der Waals surface area contributed by atoms with Crippen LogP contribution in [0.5, 0.6) is 0 Å². The summed E-state index contributed by atoms with van der Waals surface area (Å²) in [6.07, 6.45) is 7.18. The molecule has 0 spiro atoms. The Kier molecular flexibility index (Phi) is 6.16. The molecule has 2 atom stereocenters. The van der Waals surface area contributed by atoms with Crippen LogP contribution in [0.25, 0.3) is 5.52 Å². The number of primary amides is 1. The van der Waals surface area contributed by atoms with Gasteiger partial charge in [-0.05, 0) is 12.5 Å². The minimum atomic E-state index is -0.585. The van der Waals surface area contributed by atoms with Crippen molar-refractivity contribution in [1.82, 2.24) is 19.6 Å². The molecule has 12 nitrogen and oxygen atoms in total. The lowest BCUT2D eigenvalue weighted by atomic mass is 9.79. The Morgan fingerprint density at radius 3 is 2.62 bits per heavy atom. The zero-order valence-corrected chi connectivity index (χ0v) is 21.0. The van der Waals surface area contributed by atoms with E-state index in [9.17, 15) is 9.59 Å². The highest BCUT2D eigenvalue weighted by atomic mass is 16.5. The predicted octanol–water partition coefficient (Wildman–Crippen LogP) is 1.56. The minimum absolute atomic E-state index is 0.00364. The summed E-state index contributed by atoms with van der Waals surface area (Å²) in [4.78, 5) is 37.5. The van der Waals surface area contributed by atoms with Gasteiger partial charge in [0.2, 0.25) is 5.95 Å². The van der Waals surface area contributed by atoms with Gasteiger partial charge >= 0.3 is 0 Å². The lowest BCUT2D eigenvalue weighted by Gasteiger charge is -2.45. The number of carbonyl (C=O) groups is 2. The van der Waals surface area contributed by atoms with Crippen molar-refractivity contribution in [2.24, 2.45) is 11.1 Å². The van der Waals surface area contributed by atoms with Crippen LogP contribution in [0.1, 0.15) is 42.6 Å². The van der Waals surface area contributed by atoms with Crippen molar-refractivity contribution in [3.8, 4) is 6.07 Å². The van der Waals surface area contributed by atoms with Gasteiger partial charge in [0.25, 0.3) is 11.8 Å². The summed E-state index contributed by atoms with van der Waals surface area (Å²) in [6.45, 7) is 6.17. The van der Waals surface area contributed by atoms with E-state index in [0.29, 0.717) is 54.5 Å². The fourth-order valence-electron chi connectivity index (χ4n) is 5.17. The minimum Gasteiger partial charge on any atom is -0.379 e. The zero-order valence-electron chi connectivity index (χ0n) is 21.0. The van der Waals surface area contributed by atoms with Gasteiger partial charge in [0.05, 0.1) is 52.8 Å². The Morgan fingerprint density at radius 1 is 1.24 bits per heavy atom. The highest BCUT2D eigenvalue weighted by Crippen LogP contribution is 2.36. The second kappa shape index (κ2) is 9.33. The van der Waals surface area contributed by atoms with E-state index in [1.807, 2.05) is 12.1 Å². The first-order valence-electron chi connectivity index (χ1n) is 12.1. The van der Waals surface area contributed by atoms with Crippen LogP contribution in [0.4, 0.5) is 17.3 Å². The number of methoxy groups -OCH3 is 1. The highest BCUT2D eigenvalue weighted by Gasteiger charge is 2.38. The van der Waals surface area contributed by atoms with Gasteiger partial charge in [0, 0.05) is 44.6 Å². The quantitative estimate of drug-likeness (QED) is 0.510. The molecule has 0 unspecified atom stereocenters. The molecule has 12 heteroatoms. The number of nitrogens with zero attached hydrogens (tertiary/aromatic N) is 7. The molecule has 37 heavy (non-hydrogen) atoms. The van der Waals surface area contributed by atoms with Crippen molar-refractivity contribution < 1.29 is 14.3 Å². The second-order valence-corrected chi connectivity index (χ2v) is 10.1. The number of fused-ring (bicyclic) bond motifs is 1. The summed E-state index contributed by atoms with van der Waals surface area (Å²) < 4.78 is 6.94. The highest BCUT2D eigenvalue weighted by molar-refractivity contribution is 6.04. The molecular formula is C25H29N9O3. The molecule has 2 aliphatic heterocycles. The molecular weight excluding hydrogens is 474 g/mol. The maximum absolute atomic E-state index is 12.7. The molecule has 0 aromatic carbocycles. The van der Waals surface area contributed by atoms with Crippen molar-refractivity contribution in [2.45, 2.75) is 38.8 Å². The number of ether oxygens (including phenoxy) is 1. The van der Waals surface area contributed by atoms with E-state index in [1.165, 1.54) is 25.7 Å². The molecule has 2 saturated heterocycles. The number of nitrogens with one attached hydrogen (secondary N) is 1. The fourth-order valence-corrected chi connectivity index (χ4v) is 5.17. The smallest absolute Gasteiger partial charge is 0.256 e. The molecule has 0 bridgehead atoms. The van der Waals surface area contributed by atoms with E-state index in [1.54, 1.807) is 15.6 Å². The van der Waals surface area contributed by atoms with Gasteiger partial charge in [0.15, 0.2) is 0 Å². The van der Waals surface area contributed by atoms with Crippen LogP contribution in [0.2, 0.25) is 0 Å². The van der Waals surface area contributed by atoms with Crippen LogP contribution in [0.15, 0.2) is 30.9 Å². The molecule has 0 aliphatic carbocycles. The Morgan fingerprint density at radius 2 is 2.00 bits per heavy atom. The van der Waals surface area contributed by atoms with E-state index in [0.717, 1.165) is 6.42 Å². The number of aromatic nitrogens is 4. The molecule has 2 aliphatic rings.